The fourth-order valence-electron chi connectivity index (χ4n) is 4.42. The average Bonchev–Trinajstić information content (AvgIpc) is 3.48. The Hall–Kier alpha value is -4.20. The maximum absolute atomic E-state index is 13.4. The van der Waals surface area contributed by atoms with Crippen LogP contribution in [0, 0.1) is 10.1 Å². The van der Waals surface area contributed by atoms with Gasteiger partial charge in [0.05, 0.1) is 28.8 Å². The van der Waals surface area contributed by atoms with Gasteiger partial charge < -0.3 is 9.47 Å². The van der Waals surface area contributed by atoms with Gasteiger partial charge in [0.2, 0.25) is 5.91 Å². The van der Waals surface area contributed by atoms with Crippen LogP contribution < -0.4 is 0 Å². The van der Waals surface area contributed by atoms with E-state index in [1.807, 2.05) is 60.6 Å². The first kappa shape index (κ1) is 20.7. The number of amides is 1. The lowest BCUT2D eigenvalue weighted by Gasteiger charge is -2.35. The van der Waals surface area contributed by atoms with E-state index in [0.29, 0.717) is 12.2 Å². The van der Waals surface area contributed by atoms with Gasteiger partial charge in [-0.15, -0.1) is 0 Å². The van der Waals surface area contributed by atoms with E-state index in [4.69, 9.17) is 5.10 Å². The minimum absolute atomic E-state index is 0.00626. The van der Waals surface area contributed by atoms with E-state index >= 15 is 0 Å². The molecule has 8 heteroatoms. The van der Waals surface area contributed by atoms with Crippen molar-refractivity contribution in [3.05, 3.63) is 100 Å². The van der Waals surface area contributed by atoms with Crippen LogP contribution in [0.25, 0.3) is 16.9 Å². The molecule has 1 aliphatic heterocycles. The predicted octanol–water partition coefficient (Wildman–Crippen LogP) is 4.39. The Balaban J connectivity index is 1.48. The number of para-hydroxylation sites is 1. The molecule has 1 amide bonds. The summed E-state index contributed by atoms with van der Waals surface area (Å²) in [6, 6.07) is 20.0. The number of rotatable bonds is 5. The summed E-state index contributed by atoms with van der Waals surface area (Å²) in [6.07, 6.45) is 4.12. The number of fused-ring (bicyclic) bond motifs is 1. The van der Waals surface area contributed by atoms with Gasteiger partial charge >= 0.3 is 0 Å². The number of non-ortho nitro benzene ring substituents is 1. The third-order valence-electron chi connectivity index (χ3n) is 6.17. The van der Waals surface area contributed by atoms with Crippen LogP contribution in [0.3, 0.4) is 0 Å². The highest BCUT2D eigenvalue weighted by Gasteiger charge is 2.28. The lowest BCUT2D eigenvalue weighted by atomic mass is 10.0. The third-order valence-corrected chi connectivity index (χ3v) is 6.17. The monoisotopic (exact) mass is 441 g/mol. The Bertz CT molecular complexity index is 1310. The van der Waals surface area contributed by atoms with Gasteiger partial charge in [-0.25, -0.2) is 4.68 Å². The molecule has 0 N–H and O–H groups in total. The third kappa shape index (κ3) is 3.91. The van der Waals surface area contributed by atoms with Crippen molar-refractivity contribution in [3.63, 3.8) is 0 Å². The quantitative estimate of drug-likeness (QED) is 0.339. The van der Waals surface area contributed by atoms with E-state index < -0.39 is 4.92 Å². The van der Waals surface area contributed by atoms with Crippen molar-refractivity contribution in [2.24, 2.45) is 0 Å². The molecule has 3 heterocycles. The molecule has 2 aromatic heterocycles. The van der Waals surface area contributed by atoms with Gasteiger partial charge in [-0.3, -0.25) is 14.9 Å². The van der Waals surface area contributed by atoms with Crippen LogP contribution >= 0.6 is 0 Å². The zero-order chi connectivity index (χ0) is 22.9. The van der Waals surface area contributed by atoms with Crippen LogP contribution in [0.2, 0.25) is 0 Å². The van der Waals surface area contributed by atoms with Crippen molar-refractivity contribution >= 4 is 11.6 Å². The first-order valence-electron chi connectivity index (χ1n) is 10.8. The average molecular weight is 441 g/mol. The first-order chi connectivity index (χ1) is 16.0. The van der Waals surface area contributed by atoms with Crippen LogP contribution in [0.15, 0.2) is 79.1 Å². The van der Waals surface area contributed by atoms with Crippen LogP contribution in [0.1, 0.15) is 24.2 Å². The van der Waals surface area contributed by atoms with Crippen molar-refractivity contribution in [3.8, 4) is 16.9 Å². The van der Waals surface area contributed by atoms with Gasteiger partial charge in [0.1, 0.15) is 0 Å². The molecule has 0 saturated carbocycles. The molecule has 33 heavy (non-hydrogen) atoms. The number of aromatic nitrogens is 3. The summed E-state index contributed by atoms with van der Waals surface area (Å²) in [5.74, 6) is 0.0331. The highest BCUT2D eigenvalue weighted by Crippen LogP contribution is 2.29. The summed E-state index contributed by atoms with van der Waals surface area (Å²) in [6.45, 7) is 3.48. The molecular formula is C25H23N5O3. The molecular weight excluding hydrogens is 418 g/mol. The van der Waals surface area contributed by atoms with Gasteiger partial charge in [0.25, 0.3) is 5.69 Å². The first-order valence-corrected chi connectivity index (χ1v) is 10.8. The SMILES string of the molecule is CC1c2cccn2CCN1C(=O)Cc1cn(-c2ccccc2)nc1-c1ccc([N+](=O)[O-])cc1. The molecule has 8 nitrogen and oxygen atoms in total. The summed E-state index contributed by atoms with van der Waals surface area (Å²) < 4.78 is 3.94. The lowest BCUT2D eigenvalue weighted by Crippen LogP contribution is -2.41. The second-order valence-electron chi connectivity index (χ2n) is 8.15. The normalized spacial score (nSPS) is 15.3. The largest absolute Gasteiger partial charge is 0.348 e. The van der Waals surface area contributed by atoms with Crippen LogP contribution in [-0.2, 0) is 17.8 Å². The van der Waals surface area contributed by atoms with Gasteiger partial charge in [-0.05, 0) is 43.3 Å². The highest BCUT2D eigenvalue weighted by atomic mass is 16.6. The summed E-state index contributed by atoms with van der Waals surface area (Å²) in [5, 5.41) is 15.8. The topological polar surface area (TPSA) is 86.2 Å². The lowest BCUT2D eigenvalue weighted by molar-refractivity contribution is -0.384. The number of nitrogens with zero attached hydrogens (tertiary/aromatic N) is 5. The van der Waals surface area contributed by atoms with E-state index in [0.717, 1.165) is 29.1 Å². The van der Waals surface area contributed by atoms with E-state index in [1.165, 1.54) is 12.1 Å². The van der Waals surface area contributed by atoms with Crippen molar-refractivity contribution < 1.29 is 9.72 Å². The van der Waals surface area contributed by atoms with E-state index in [-0.39, 0.29) is 24.1 Å². The summed E-state index contributed by atoms with van der Waals surface area (Å²) in [7, 11) is 0. The summed E-state index contributed by atoms with van der Waals surface area (Å²) in [5.41, 5.74) is 4.19. The molecule has 0 radical (unpaired) electrons. The molecule has 2 aromatic carbocycles. The van der Waals surface area contributed by atoms with Gasteiger partial charge in [-0.1, -0.05) is 18.2 Å². The Morgan fingerprint density at radius 2 is 1.82 bits per heavy atom. The zero-order valence-corrected chi connectivity index (χ0v) is 18.2. The number of hydrogen-bond donors (Lipinski definition) is 0. The maximum atomic E-state index is 13.4. The maximum Gasteiger partial charge on any atom is 0.269 e. The minimum Gasteiger partial charge on any atom is -0.348 e. The van der Waals surface area contributed by atoms with Crippen LogP contribution in [0.5, 0.6) is 0 Å². The Labute approximate surface area is 190 Å². The molecule has 1 atom stereocenters. The second kappa shape index (κ2) is 8.38. The van der Waals surface area contributed by atoms with Crippen LogP contribution in [0.4, 0.5) is 5.69 Å². The fraction of sp³-hybridized carbons (Fsp3) is 0.200. The fourth-order valence-corrected chi connectivity index (χ4v) is 4.42. The van der Waals surface area contributed by atoms with Crippen LogP contribution in [-0.4, -0.2) is 36.6 Å². The molecule has 0 aliphatic carbocycles. The van der Waals surface area contributed by atoms with Gasteiger partial charge in [-0.2, -0.15) is 5.10 Å². The second-order valence-corrected chi connectivity index (χ2v) is 8.15. The number of carbonyl (C=O) groups excluding carboxylic acids is 1. The van der Waals surface area contributed by atoms with Crippen molar-refractivity contribution in [2.75, 3.05) is 6.54 Å². The minimum atomic E-state index is -0.426. The Kier molecular flexibility index (Phi) is 5.26. The Morgan fingerprint density at radius 3 is 2.55 bits per heavy atom. The Morgan fingerprint density at radius 1 is 1.06 bits per heavy atom. The van der Waals surface area contributed by atoms with Crippen molar-refractivity contribution in [2.45, 2.75) is 25.9 Å². The number of carbonyl (C=O) groups is 1. The molecule has 4 aromatic rings. The number of nitro groups is 1. The van der Waals surface area contributed by atoms with E-state index in [2.05, 4.69) is 10.6 Å². The van der Waals surface area contributed by atoms with E-state index in [9.17, 15) is 14.9 Å². The molecule has 0 spiro atoms. The number of benzene rings is 2. The summed E-state index contributed by atoms with van der Waals surface area (Å²) >= 11 is 0. The molecule has 1 unspecified atom stereocenters. The standard InChI is InChI=1S/C25H23N5O3/c1-18-23-8-5-13-27(23)14-15-28(18)24(31)16-20-17-29(21-6-3-2-4-7-21)26-25(20)19-9-11-22(12-10-19)30(32)33/h2-13,17-18H,14-16H2,1H3. The zero-order valence-electron chi connectivity index (χ0n) is 18.2. The van der Waals surface area contributed by atoms with Gasteiger partial charge in [0.15, 0.2) is 0 Å². The molecule has 166 valence electrons. The predicted molar refractivity (Wildman–Crippen MR) is 124 cm³/mol. The smallest absolute Gasteiger partial charge is 0.269 e. The van der Waals surface area contributed by atoms with Crippen molar-refractivity contribution in [1.29, 1.82) is 0 Å². The van der Waals surface area contributed by atoms with E-state index in [1.54, 1.807) is 16.8 Å². The summed E-state index contributed by atoms with van der Waals surface area (Å²) in [4.78, 5) is 25.9. The molecule has 5 rings (SSSR count). The molecule has 1 aliphatic rings. The molecule has 0 fully saturated rings. The number of nitro benzene ring substituents is 1. The van der Waals surface area contributed by atoms with Crippen molar-refractivity contribution in [1.82, 2.24) is 19.2 Å². The van der Waals surface area contributed by atoms with Gasteiger partial charge in [0, 0.05) is 54.4 Å². The highest BCUT2D eigenvalue weighted by molar-refractivity contribution is 5.82. The molecule has 0 saturated heterocycles. The number of hydrogen-bond acceptors (Lipinski definition) is 4. The molecule has 0 bridgehead atoms.